The molecule has 5 rings (SSSR count). The second kappa shape index (κ2) is 7.01. The van der Waals surface area contributed by atoms with E-state index in [4.69, 9.17) is 14.6 Å². The van der Waals surface area contributed by atoms with Gasteiger partial charge in [-0.2, -0.15) is 5.10 Å². The highest BCUT2D eigenvalue weighted by atomic mass is 32.1. The van der Waals surface area contributed by atoms with Crippen molar-refractivity contribution >= 4 is 28.5 Å². The molecule has 0 saturated heterocycles. The maximum Gasteiger partial charge on any atom is 0.205 e. The minimum Gasteiger partial charge on any atom is -0.486 e. The molecular weight excluding hydrogens is 372 g/mol. The molecule has 4 aromatic rings. The second-order valence-electron chi connectivity index (χ2n) is 6.33. The van der Waals surface area contributed by atoms with Crippen LogP contribution in [0.1, 0.15) is 5.56 Å². The summed E-state index contributed by atoms with van der Waals surface area (Å²) in [4.78, 5) is 8.47. The predicted molar refractivity (Wildman–Crippen MR) is 112 cm³/mol. The van der Waals surface area contributed by atoms with Crippen molar-refractivity contribution in [1.29, 1.82) is 0 Å². The zero-order chi connectivity index (χ0) is 18.9. The van der Waals surface area contributed by atoms with Gasteiger partial charge in [-0.3, -0.25) is 4.99 Å². The molecular formula is C21H18N4O2S. The predicted octanol–water partition coefficient (Wildman–Crippen LogP) is 3.88. The van der Waals surface area contributed by atoms with Crippen molar-refractivity contribution in [2.45, 2.75) is 0 Å². The highest BCUT2D eigenvalue weighted by Crippen LogP contribution is 2.34. The summed E-state index contributed by atoms with van der Waals surface area (Å²) in [7, 11) is 1.77. The summed E-state index contributed by atoms with van der Waals surface area (Å²) in [5, 5.41) is 7.93. The average Bonchev–Trinajstić information content (AvgIpc) is 3.35. The van der Waals surface area contributed by atoms with E-state index in [0.29, 0.717) is 13.2 Å². The molecule has 0 atom stereocenters. The maximum absolute atomic E-state index is 5.73. The number of aromatic nitrogens is 2. The van der Waals surface area contributed by atoms with Crippen molar-refractivity contribution in [3.63, 3.8) is 0 Å². The van der Waals surface area contributed by atoms with Crippen molar-refractivity contribution in [1.82, 2.24) is 9.66 Å². The third kappa shape index (κ3) is 2.90. The summed E-state index contributed by atoms with van der Waals surface area (Å²) >= 11 is 1.55. The highest BCUT2D eigenvalue weighted by molar-refractivity contribution is 7.07. The lowest BCUT2D eigenvalue weighted by molar-refractivity contribution is 0.171. The van der Waals surface area contributed by atoms with E-state index >= 15 is 0 Å². The number of H-pyrrole nitrogens is 1. The normalized spacial score (nSPS) is 14.2. The number of thiazole rings is 1. The molecule has 0 radical (unpaired) electrons. The second-order valence-corrected chi connectivity index (χ2v) is 7.17. The molecule has 2 aromatic carbocycles. The van der Waals surface area contributed by atoms with Gasteiger partial charge in [0.25, 0.3) is 0 Å². The first-order valence-electron chi connectivity index (χ1n) is 8.97. The first-order chi connectivity index (χ1) is 13.8. The number of ether oxygens (including phenoxy) is 2. The van der Waals surface area contributed by atoms with Crippen molar-refractivity contribution in [2.75, 3.05) is 20.3 Å². The molecule has 6 nitrogen and oxygen atoms in total. The Kier molecular flexibility index (Phi) is 4.21. The molecule has 2 aromatic heterocycles. The summed E-state index contributed by atoms with van der Waals surface area (Å²) in [6.07, 6.45) is 3.83. The first-order valence-corrected chi connectivity index (χ1v) is 9.85. The van der Waals surface area contributed by atoms with Crippen molar-refractivity contribution in [3.05, 3.63) is 64.4 Å². The molecule has 0 bridgehead atoms. The largest absolute Gasteiger partial charge is 0.486 e. The van der Waals surface area contributed by atoms with E-state index in [1.54, 1.807) is 18.4 Å². The van der Waals surface area contributed by atoms with Crippen LogP contribution in [0.4, 0.5) is 0 Å². The Labute approximate surface area is 165 Å². The van der Waals surface area contributed by atoms with Gasteiger partial charge in [0.2, 0.25) is 4.80 Å². The lowest BCUT2D eigenvalue weighted by atomic mass is 10.1. The summed E-state index contributed by atoms with van der Waals surface area (Å²) < 4.78 is 13.2. The van der Waals surface area contributed by atoms with Gasteiger partial charge in [-0.15, -0.1) is 11.3 Å². The van der Waals surface area contributed by atoms with Crippen molar-refractivity contribution < 1.29 is 9.47 Å². The van der Waals surface area contributed by atoms with E-state index in [-0.39, 0.29) is 0 Å². The van der Waals surface area contributed by atoms with Gasteiger partial charge in [0.15, 0.2) is 11.5 Å². The summed E-state index contributed by atoms with van der Waals surface area (Å²) in [5.74, 6) is 1.54. The van der Waals surface area contributed by atoms with Crippen LogP contribution in [-0.2, 0) is 0 Å². The Hall–Kier alpha value is -3.32. The number of para-hydroxylation sites is 1. The van der Waals surface area contributed by atoms with Gasteiger partial charge in [-0.25, -0.2) is 4.68 Å². The Morgan fingerprint density at radius 2 is 1.96 bits per heavy atom. The third-order valence-electron chi connectivity index (χ3n) is 4.65. The third-order valence-corrected chi connectivity index (χ3v) is 5.56. The fraction of sp³-hybridized carbons (Fsp3) is 0.143. The van der Waals surface area contributed by atoms with Gasteiger partial charge in [-0.05, 0) is 24.3 Å². The molecule has 0 fully saturated rings. The fourth-order valence-corrected chi connectivity index (χ4v) is 4.09. The Balaban J connectivity index is 1.58. The first kappa shape index (κ1) is 16.8. The monoisotopic (exact) mass is 390 g/mol. The number of fused-ring (bicyclic) bond motifs is 2. The van der Waals surface area contributed by atoms with Gasteiger partial charge in [0.1, 0.15) is 13.2 Å². The van der Waals surface area contributed by atoms with E-state index in [2.05, 4.69) is 27.5 Å². The molecule has 1 aliphatic heterocycles. The Morgan fingerprint density at radius 3 is 2.86 bits per heavy atom. The van der Waals surface area contributed by atoms with Crippen LogP contribution in [0.15, 0.2) is 64.1 Å². The molecule has 0 amide bonds. The molecule has 0 saturated carbocycles. The lowest BCUT2D eigenvalue weighted by Gasteiger charge is -2.18. The molecule has 3 heterocycles. The molecule has 0 spiro atoms. The van der Waals surface area contributed by atoms with E-state index < -0.39 is 0 Å². The molecule has 7 heteroatoms. The lowest BCUT2D eigenvalue weighted by Crippen LogP contribution is -2.15. The number of rotatable bonds is 3. The maximum atomic E-state index is 5.73. The Bertz CT molecular complexity index is 1250. The van der Waals surface area contributed by atoms with Crippen LogP contribution < -0.4 is 14.3 Å². The van der Waals surface area contributed by atoms with Crippen LogP contribution >= 0.6 is 11.3 Å². The van der Waals surface area contributed by atoms with Gasteiger partial charge in [-0.1, -0.05) is 18.2 Å². The number of aromatic amines is 1. The highest BCUT2D eigenvalue weighted by Gasteiger charge is 2.15. The number of nitrogens with zero attached hydrogens (tertiary/aromatic N) is 3. The average molecular weight is 390 g/mol. The van der Waals surface area contributed by atoms with Crippen LogP contribution in [-0.4, -0.2) is 36.1 Å². The van der Waals surface area contributed by atoms with E-state index in [1.807, 2.05) is 47.4 Å². The van der Waals surface area contributed by atoms with Gasteiger partial charge < -0.3 is 14.5 Å². The van der Waals surface area contributed by atoms with E-state index in [0.717, 1.165) is 44.0 Å². The number of hydrogen-bond donors (Lipinski definition) is 1. The molecule has 140 valence electrons. The van der Waals surface area contributed by atoms with Crippen LogP contribution in [0.5, 0.6) is 11.5 Å². The molecule has 0 aliphatic carbocycles. The van der Waals surface area contributed by atoms with Crippen LogP contribution in [0.2, 0.25) is 0 Å². The number of nitrogens with one attached hydrogen (secondary N) is 1. The smallest absolute Gasteiger partial charge is 0.205 e. The Morgan fingerprint density at radius 1 is 1.11 bits per heavy atom. The molecule has 1 N–H and O–H groups in total. The topological polar surface area (TPSA) is 63.9 Å². The standard InChI is InChI=1S/C21H18N4O2S/c1-22-21-25(24-12-15-11-23-17-5-3-2-4-16(15)17)18(13-28-21)14-6-7-19-20(10-14)27-9-8-26-19/h2-7,10-13,23H,8-9H2,1H3/b22-21?,24-12+. The van der Waals surface area contributed by atoms with Gasteiger partial charge in [0.05, 0.1) is 11.9 Å². The van der Waals surface area contributed by atoms with E-state index in [9.17, 15) is 0 Å². The SMILES string of the molecule is CN=c1scc(-c2ccc3c(c2)OCCO3)n1/N=C/c1c[nH]c2ccccc12. The quantitative estimate of drug-likeness (QED) is 0.540. The number of benzene rings is 2. The summed E-state index contributed by atoms with van der Waals surface area (Å²) in [5.41, 5.74) is 4.08. The molecule has 0 unspecified atom stereocenters. The van der Waals surface area contributed by atoms with Crippen molar-refractivity contribution in [3.8, 4) is 22.8 Å². The fourth-order valence-electron chi connectivity index (χ4n) is 3.28. The van der Waals surface area contributed by atoms with Gasteiger partial charge >= 0.3 is 0 Å². The minimum absolute atomic E-state index is 0.564. The molecule has 1 aliphatic rings. The minimum atomic E-state index is 0.564. The summed E-state index contributed by atoms with van der Waals surface area (Å²) in [6.45, 7) is 1.15. The summed E-state index contributed by atoms with van der Waals surface area (Å²) in [6, 6.07) is 14.1. The zero-order valence-corrected chi connectivity index (χ0v) is 16.1. The van der Waals surface area contributed by atoms with Gasteiger partial charge in [0, 0.05) is 40.7 Å². The van der Waals surface area contributed by atoms with Crippen LogP contribution in [0.3, 0.4) is 0 Å². The van der Waals surface area contributed by atoms with E-state index in [1.165, 1.54) is 0 Å². The van der Waals surface area contributed by atoms with Crippen LogP contribution in [0.25, 0.3) is 22.2 Å². The van der Waals surface area contributed by atoms with Crippen LogP contribution in [0, 0.1) is 0 Å². The zero-order valence-electron chi connectivity index (χ0n) is 15.3. The van der Waals surface area contributed by atoms with Crippen molar-refractivity contribution in [2.24, 2.45) is 10.1 Å². The molecule has 28 heavy (non-hydrogen) atoms. The number of hydrogen-bond acceptors (Lipinski definition) is 5.